The summed E-state index contributed by atoms with van der Waals surface area (Å²) >= 11 is 6.24. The number of ether oxygens (including phenoxy) is 1. The van der Waals surface area contributed by atoms with Gasteiger partial charge in [0.05, 0.1) is 18.1 Å². The third-order valence-electron chi connectivity index (χ3n) is 3.44. The number of hydrogen-bond donors (Lipinski definition) is 1. The molecule has 5 heteroatoms. The van der Waals surface area contributed by atoms with E-state index in [-0.39, 0.29) is 10.9 Å². The first kappa shape index (κ1) is 16.8. The van der Waals surface area contributed by atoms with E-state index in [1.807, 2.05) is 0 Å². The third-order valence-corrected chi connectivity index (χ3v) is 3.95. The highest BCUT2D eigenvalue weighted by Crippen LogP contribution is 2.19. The van der Waals surface area contributed by atoms with Crippen LogP contribution in [0, 0.1) is 11.7 Å². The van der Waals surface area contributed by atoms with Crippen molar-refractivity contribution >= 4 is 17.5 Å². The Kier molecular flexibility index (Phi) is 6.79. The fraction of sp³-hybridized carbons (Fsp3) is 0.533. The van der Waals surface area contributed by atoms with Crippen LogP contribution in [0.4, 0.5) is 4.39 Å². The summed E-state index contributed by atoms with van der Waals surface area (Å²) in [4.78, 5) is 11.9. The molecule has 1 atom stereocenters. The van der Waals surface area contributed by atoms with Gasteiger partial charge in [-0.15, -0.1) is 11.6 Å². The standard InChI is InChI=1S/C15H21ClFNO2/c1-4-10(5-2)13(16)9-18-15(19)12-7-6-11(20-3)8-14(12)17/h6-8,10,13H,4-5,9H2,1-3H3,(H,18,19). The molecular formula is C15H21ClFNO2. The Morgan fingerprint density at radius 3 is 2.55 bits per heavy atom. The van der Waals surface area contributed by atoms with Crippen LogP contribution in [0.3, 0.4) is 0 Å². The van der Waals surface area contributed by atoms with Gasteiger partial charge in [0.15, 0.2) is 0 Å². The van der Waals surface area contributed by atoms with Crippen LogP contribution in [0.25, 0.3) is 0 Å². The fourth-order valence-electron chi connectivity index (χ4n) is 2.06. The van der Waals surface area contributed by atoms with Gasteiger partial charge in [0.25, 0.3) is 5.91 Å². The van der Waals surface area contributed by atoms with Gasteiger partial charge in [-0.2, -0.15) is 0 Å². The molecule has 0 fully saturated rings. The highest BCUT2D eigenvalue weighted by Gasteiger charge is 2.18. The number of hydrogen-bond acceptors (Lipinski definition) is 2. The van der Waals surface area contributed by atoms with Crippen LogP contribution in [0.15, 0.2) is 18.2 Å². The molecule has 0 aliphatic rings. The van der Waals surface area contributed by atoms with Gasteiger partial charge >= 0.3 is 0 Å². The van der Waals surface area contributed by atoms with E-state index in [2.05, 4.69) is 19.2 Å². The van der Waals surface area contributed by atoms with Crippen molar-refractivity contribution in [3.63, 3.8) is 0 Å². The zero-order valence-corrected chi connectivity index (χ0v) is 12.8. The minimum Gasteiger partial charge on any atom is -0.497 e. The number of alkyl halides is 1. The summed E-state index contributed by atoms with van der Waals surface area (Å²) in [6.07, 6.45) is 1.91. The molecule has 112 valence electrons. The second-order valence-electron chi connectivity index (χ2n) is 4.65. The summed E-state index contributed by atoms with van der Waals surface area (Å²) in [5.74, 6) is -0.332. The average Bonchev–Trinajstić information content (AvgIpc) is 2.45. The van der Waals surface area contributed by atoms with Crippen molar-refractivity contribution in [2.24, 2.45) is 5.92 Å². The summed E-state index contributed by atoms with van der Waals surface area (Å²) in [7, 11) is 1.45. The number of amides is 1. The Morgan fingerprint density at radius 1 is 1.40 bits per heavy atom. The highest BCUT2D eigenvalue weighted by molar-refractivity contribution is 6.21. The van der Waals surface area contributed by atoms with E-state index in [0.717, 1.165) is 12.8 Å². The topological polar surface area (TPSA) is 38.3 Å². The van der Waals surface area contributed by atoms with Gasteiger partial charge < -0.3 is 10.1 Å². The highest BCUT2D eigenvalue weighted by atomic mass is 35.5. The van der Waals surface area contributed by atoms with Crippen LogP contribution in [-0.4, -0.2) is 24.9 Å². The first-order valence-corrected chi connectivity index (χ1v) is 7.22. The quantitative estimate of drug-likeness (QED) is 0.781. The molecule has 20 heavy (non-hydrogen) atoms. The van der Waals surface area contributed by atoms with Gasteiger partial charge in [0.1, 0.15) is 11.6 Å². The summed E-state index contributed by atoms with van der Waals surface area (Å²) in [6.45, 7) is 4.46. The lowest BCUT2D eigenvalue weighted by molar-refractivity contribution is 0.0947. The van der Waals surface area contributed by atoms with Crippen molar-refractivity contribution in [3.8, 4) is 5.75 Å². The molecule has 3 nitrogen and oxygen atoms in total. The minimum absolute atomic E-state index is 0.000728. The van der Waals surface area contributed by atoms with E-state index >= 15 is 0 Å². The lowest BCUT2D eigenvalue weighted by atomic mass is 9.99. The normalized spacial score (nSPS) is 12.3. The maximum absolute atomic E-state index is 13.7. The zero-order chi connectivity index (χ0) is 15.1. The molecule has 0 bridgehead atoms. The number of nitrogens with one attached hydrogen (secondary N) is 1. The van der Waals surface area contributed by atoms with Crippen molar-refractivity contribution in [2.75, 3.05) is 13.7 Å². The first-order chi connectivity index (χ1) is 9.53. The van der Waals surface area contributed by atoms with Crippen molar-refractivity contribution in [3.05, 3.63) is 29.6 Å². The molecule has 1 rings (SSSR count). The third kappa shape index (κ3) is 4.37. The average molecular weight is 302 g/mol. The first-order valence-electron chi connectivity index (χ1n) is 6.79. The van der Waals surface area contributed by atoms with Crippen LogP contribution < -0.4 is 10.1 Å². The van der Waals surface area contributed by atoms with Gasteiger partial charge in [0.2, 0.25) is 0 Å². The molecule has 0 spiro atoms. The Hall–Kier alpha value is -1.29. The van der Waals surface area contributed by atoms with Crippen molar-refractivity contribution in [1.29, 1.82) is 0 Å². The van der Waals surface area contributed by atoms with Gasteiger partial charge in [-0.1, -0.05) is 26.7 Å². The molecule has 0 radical (unpaired) electrons. The molecule has 0 saturated carbocycles. The molecule has 1 aromatic rings. The van der Waals surface area contributed by atoms with Crippen LogP contribution >= 0.6 is 11.6 Å². The number of rotatable bonds is 7. The molecule has 0 saturated heterocycles. The van der Waals surface area contributed by atoms with E-state index in [0.29, 0.717) is 18.2 Å². The molecule has 1 N–H and O–H groups in total. The van der Waals surface area contributed by atoms with Crippen LogP contribution in [0.2, 0.25) is 0 Å². The lowest BCUT2D eigenvalue weighted by Gasteiger charge is -2.19. The largest absolute Gasteiger partial charge is 0.497 e. The molecular weight excluding hydrogens is 281 g/mol. The van der Waals surface area contributed by atoms with Crippen molar-refractivity contribution in [1.82, 2.24) is 5.32 Å². The SMILES string of the molecule is CCC(CC)C(Cl)CNC(=O)c1ccc(OC)cc1F. The van der Waals surface area contributed by atoms with Gasteiger partial charge in [-0.25, -0.2) is 4.39 Å². The summed E-state index contributed by atoms with van der Waals surface area (Å²) in [5, 5.41) is 2.53. The summed E-state index contributed by atoms with van der Waals surface area (Å²) in [6, 6.07) is 4.15. The number of benzene rings is 1. The van der Waals surface area contributed by atoms with E-state index in [1.54, 1.807) is 6.07 Å². The monoisotopic (exact) mass is 301 g/mol. The summed E-state index contributed by atoms with van der Waals surface area (Å²) < 4.78 is 18.6. The van der Waals surface area contributed by atoms with Crippen molar-refractivity contribution < 1.29 is 13.9 Å². The van der Waals surface area contributed by atoms with E-state index < -0.39 is 11.7 Å². The second-order valence-corrected chi connectivity index (χ2v) is 5.21. The molecule has 1 aromatic carbocycles. The molecule has 0 aliphatic heterocycles. The Bertz CT molecular complexity index is 449. The number of halogens is 2. The smallest absolute Gasteiger partial charge is 0.254 e. The molecule has 0 aliphatic carbocycles. The van der Waals surface area contributed by atoms with Gasteiger partial charge in [-0.05, 0) is 18.1 Å². The number of carbonyl (C=O) groups excluding carboxylic acids is 1. The number of carbonyl (C=O) groups is 1. The molecule has 0 aromatic heterocycles. The Balaban J connectivity index is 2.63. The molecule has 0 heterocycles. The van der Waals surface area contributed by atoms with Crippen LogP contribution in [0.5, 0.6) is 5.75 Å². The predicted octanol–water partition coefficient (Wildman–Crippen LogP) is 3.61. The van der Waals surface area contributed by atoms with Gasteiger partial charge in [-0.3, -0.25) is 4.79 Å². The molecule has 1 amide bonds. The second kappa shape index (κ2) is 8.10. The van der Waals surface area contributed by atoms with E-state index in [1.165, 1.54) is 19.2 Å². The summed E-state index contributed by atoms with van der Waals surface area (Å²) in [5.41, 5.74) is -0.000728. The predicted molar refractivity (Wildman–Crippen MR) is 79.0 cm³/mol. The maximum Gasteiger partial charge on any atom is 0.254 e. The zero-order valence-electron chi connectivity index (χ0n) is 12.1. The lowest BCUT2D eigenvalue weighted by Crippen LogP contribution is -2.33. The van der Waals surface area contributed by atoms with E-state index in [4.69, 9.17) is 16.3 Å². The minimum atomic E-state index is -0.601. The van der Waals surface area contributed by atoms with Crippen LogP contribution in [0.1, 0.15) is 37.0 Å². The fourth-order valence-corrected chi connectivity index (χ4v) is 2.49. The van der Waals surface area contributed by atoms with Gasteiger partial charge in [0, 0.05) is 12.6 Å². The van der Waals surface area contributed by atoms with Crippen LogP contribution in [-0.2, 0) is 0 Å². The Morgan fingerprint density at radius 2 is 2.05 bits per heavy atom. The Labute approximate surface area is 124 Å². The number of methoxy groups -OCH3 is 1. The maximum atomic E-state index is 13.7. The van der Waals surface area contributed by atoms with E-state index in [9.17, 15) is 9.18 Å². The molecule has 1 unspecified atom stereocenters. The van der Waals surface area contributed by atoms with Crippen molar-refractivity contribution in [2.45, 2.75) is 32.1 Å².